The molecular weight excluding hydrogens is 380 g/mol. The topological polar surface area (TPSA) is 89.0 Å². The molecule has 1 rings (SSSR count). The molecule has 1 aromatic heterocycles. The first kappa shape index (κ1) is 24.4. The third-order valence-electron chi connectivity index (χ3n) is 4.02. The van der Waals surface area contributed by atoms with Gasteiger partial charge in [-0.15, -0.1) is 11.3 Å². The fourth-order valence-corrected chi connectivity index (χ4v) is 3.57. The van der Waals surface area contributed by atoms with Gasteiger partial charge in [0.05, 0.1) is 6.61 Å². The minimum Gasteiger partial charge on any atom is -0.461 e. The molecule has 2 atom stereocenters. The third-order valence-corrected chi connectivity index (χ3v) is 4.96. The lowest BCUT2D eigenvalue weighted by atomic mass is 9.96. The predicted octanol–water partition coefficient (Wildman–Crippen LogP) is 4.42. The summed E-state index contributed by atoms with van der Waals surface area (Å²) in [6.07, 6.45) is -0.177. The number of amides is 1. The average Bonchev–Trinajstić information content (AvgIpc) is 3.06. The Balaban J connectivity index is 2.97. The van der Waals surface area contributed by atoms with Crippen molar-refractivity contribution in [3.63, 3.8) is 0 Å². The van der Waals surface area contributed by atoms with E-state index < -0.39 is 17.7 Å². The lowest BCUT2D eigenvalue weighted by Gasteiger charge is -2.36. The van der Waals surface area contributed by atoms with Gasteiger partial charge in [0.1, 0.15) is 16.7 Å². The van der Waals surface area contributed by atoms with Gasteiger partial charge in [-0.3, -0.25) is 0 Å². The molecule has 0 aromatic carbocycles. The Hall–Kier alpha value is -1.67. The van der Waals surface area contributed by atoms with Crippen LogP contribution < -0.4 is 0 Å². The highest BCUT2D eigenvalue weighted by Crippen LogP contribution is 2.28. The second-order valence-corrected chi connectivity index (χ2v) is 8.92. The zero-order chi connectivity index (χ0) is 21.5. The fourth-order valence-electron chi connectivity index (χ4n) is 2.78. The van der Waals surface area contributed by atoms with Crippen LogP contribution in [0.25, 0.3) is 0 Å². The molecule has 0 spiro atoms. The Labute approximate surface area is 172 Å². The van der Waals surface area contributed by atoms with E-state index in [0.717, 1.165) is 6.42 Å². The summed E-state index contributed by atoms with van der Waals surface area (Å²) < 4.78 is 10.5. The van der Waals surface area contributed by atoms with Gasteiger partial charge < -0.3 is 19.5 Å². The Bertz CT molecular complexity index is 639. The third kappa shape index (κ3) is 7.39. The number of thiazole rings is 1. The van der Waals surface area contributed by atoms with E-state index in [-0.39, 0.29) is 30.4 Å². The first-order chi connectivity index (χ1) is 13.0. The molecule has 1 aromatic rings. The van der Waals surface area contributed by atoms with Crippen LogP contribution in [0.3, 0.4) is 0 Å². The number of esters is 1. The lowest BCUT2D eigenvalue weighted by molar-refractivity contribution is 0.00305. The summed E-state index contributed by atoms with van der Waals surface area (Å²) in [6, 6.07) is -0.222. The van der Waals surface area contributed by atoms with Gasteiger partial charge in [-0.2, -0.15) is 0 Å². The van der Waals surface area contributed by atoms with Crippen molar-refractivity contribution >= 4 is 23.4 Å². The average molecular weight is 415 g/mol. The molecule has 0 saturated carbocycles. The zero-order valence-corrected chi connectivity index (χ0v) is 18.8. The molecule has 8 heteroatoms. The number of carbonyl (C=O) groups is 2. The molecule has 0 bridgehead atoms. The van der Waals surface area contributed by atoms with E-state index in [2.05, 4.69) is 4.98 Å². The van der Waals surface area contributed by atoms with E-state index in [1.54, 1.807) is 17.2 Å². The summed E-state index contributed by atoms with van der Waals surface area (Å²) in [5.74, 6) is -0.391. The van der Waals surface area contributed by atoms with Gasteiger partial charge in [0, 0.05) is 24.4 Å². The van der Waals surface area contributed by atoms with Gasteiger partial charge in [-0.1, -0.05) is 20.8 Å². The van der Waals surface area contributed by atoms with Gasteiger partial charge in [-0.05, 0) is 40.0 Å². The highest BCUT2D eigenvalue weighted by Gasteiger charge is 2.32. The molecule has 0 aliphatic rings. The van der Waals surface area contributed by atoms with Crippen LogP contribution in [0.2, 0.25) is 0 Å². The molecule has 0 fully saturated rings. The second-order valence-electron chi connectivity index (χ2n) is 8.03. The zero-order valence-electron chi connectivity index (χ0n) is 18.0. The van der Waals surface area contributed by atoms with Crippen molar-refractivity contribution in [2.75, 3.05) is 13.2 Å². The molecule has 1 heterocycles. The first-order valence-corrected chi connectivity index (χ1v) is 10.7. The number of hydrogen-bond donors (Lipinski definition) is 1. The van der Waals surface area contributed by atoms with Crippen LogP contribution in [0.1, 0.15) is 82.9 Å². The molecule has 0 unspecified atom stereocenters. The Kier molecular flexibility index (Phi) is 9.36. The van der Waals surface area contributed by atoms with Crippen LogP contribution in [-0.4, -0.2) is 51.8 Å². The molecule has 0 aliphatic carbocycles. The summed E-state index contributed by atoms with van der Waals surface area (Å²) >= 11 is 1.21. The molecular formula is C20H34N2O5S. The fraction of sp³-hybridized carbons (Fsp3) is 0.750. The van der Waals surface area contributed by atoms with Gasteiger partial charge in [-0.25, -0.2) is 14.6 Å². The summed E-state index contributed by atoms with van der Waals surface area (Å²) in [7, 11) is 0. The Morgan fingerprint density at radius 1 is 1.29 bits per heavy atom. The number of nitrogens with zero attached hydrogens (tertiary/aromatic N) is 2. The number of hydrogen-bond acceptors (Lipinski definition) is 7. The van der Waals surface area contributed by atoms with Crippen molar-refractivity contribution in [1.82, 2.24) is 9.88 Å². The van der Waals surface area contributed by atoms with E-state index in [9.17, 15) is 14.7 Å². The maximum Gasteiger partial charge on any atom is 0.410 e. The van der Waals surface area contributed by atoms with Gasteiger partial charge >= 0.3 is 12.1 Å². The van der Waals surface area contributed by atoms with Crippen LogP contribution in [0.5, 0.6) is 0 Å². The molecule has 1 amide bonds. The number of aromatic nitrogens is 1. The first-order valence-electron chi connectivity index (χ1n) is 9.80. The molecule has 160 valence electrons. The van der Waals surface area contributed by atoms with E-state index in [0.29, 0.717) is 18.0 Å². The summed E-state index contributed by atoms with van der Waals surface area (Å²) in [6.45, 7) is 14.1. The molecule has 0 saturated heterocycles. The minimum absolute atomic E-state index is 0.109. The summed E-state index contributed by atoms with van der Waals surface area (Å²) in [4.78, 5) is 30.4. The van der Waals surface area contributed by atoms with E-state index in [1.807, 2.05) is 41.5 Å². The van der Waals surface area contributed by atoms with Crippen molar-refractivity contribution in [3.8, 4) is 0 Å². The predicted molar refractivity (Wildman–Crippen MR) is 110 cm³/mol. The van der Waals surface area contributed by atoms with E-state index >= 15 is 0 Å². The molecule has 0 aliphatic heterocycles. The maximum atomic E-state index is 12.7. The number of ether oxygens (including phenoxy) is 2. The van der Waals surface area contributed by atoms with Crippen LogP contribution in [0, 0.1) is 5.92 Å². The van der Waals surface area contributed by atoms with Crippen molar-refractivity contribution in [2.24, 2.45) is 5.92 Å². The maximum absolute atomic E-state index is 12.7. The highest BCUT2D eigenvalue weighted by molar-refractivity contribution is 7.09. The van der Waals surface area contributed by atoms with Crippen molar-refractivity contribution in [1.29, 1.82) is 0 Å². The van der Waals surface area contributed by atoms with Gasteiger partial charge in [0.25, 0.3) is 0 Å². The minimum atomic E-state index is -0.887. The Morgan fingerprint density at radius 2 is 1.93 bits per heavy atom. The standard InChI is InChI=1S/C20H34N2O5S/c1-8-10-22(19(25)27-20(5,6)7)15(13(3)4)11-16(23)17-21-14(12-28-17)18(24)26-9-2/h12-13,15-16,23H,8-11H2,1-7H3/t15-,16+/m0/s1. The normalized spacial score (nSPS) is 13.9. The number of carbonyl (C=O) groups excluding carboxylic acids is 2. The van der Waals surface area contributed by atoms with Gasteiger partial charge in [0.15, 0.2) is 5.69 Å². The quantitative estimate of drug-likeness (QED) is 0.602. The number of aliphatic hydroxyl groups is 1. The largest absolute Gasteiger partial charge is 0.461 e. The molecule has 0 radical (unpaired) electrons. The molecule has 1 N–H and O–H groups in total. The van der Waals surface area contributed by atoms with Gasteiger partial charge in [0.2, 0.25) is 0 Å². The summed E-state index contributed by atoms with van der Waals surface area (Å²) in [5, 5.41) is 12.7. The highest BCUT2D eigenvalue weighted by atomic mass is 32.1. The van der Waals surface area contributed by atoms with Crippen LogP contribution in [0.4, 0.5) is 4.79 Å². The van der Waals surface area contributed by atoms with Crippen molar-refractivity contribution < 1.29 is 24.2 Å². The smallest absolute Gasteiger partial charge is 0.410 e. The van der Waals surface area contributed by atoms with E-state index in [1.165, 1.54) is 11.3 Å². The lowest BCUT2D eigenvalue weighted by Crippen LogP contribution is -2.46. The molecule has 28 heavy (non-hydrogen) atoms. The second kappa shape index (κ2) is 10.8. The molecule has 7 nitrogen and oxygen atoms in total. The van der Waals surface area contributed by atoms with Crippen molar-refractivity contribution in [2.45, 2.75) is 79.1 Å². The van der Waals surface area contributed by atoms with Crippen LogP contribution in [0.15, 0.2) is 5.38 Å². The van der Waals surface area contributed by atoms with Crippen LogP contribution in [-0.2, 0) is 9.47 Å². The van der Waals surface area contributed by atoms with Crippen LogP contribution >= 0.6 is 11.3 Å². The number of rotatable bonds is 9. The SMILES string of the molecule is CCCN(C(=O)OC(C)(C)C)[C@@H](C[C@@H](O)c1nc(C(=O)OCC)cs1)C(C)C. The van der Waals surface area contributed by atoms with Crippen molar-refractivity contribution in [3.05, 3.63) is 16.1 Å². The van der Waals surface area contributed by atoms with E-state index in [4.69, 9.17) is 9.47 Å². The Morgan fingerprint density at radius 3 is 2.43 bits per heavy atom. The summed E-state index contributed by atoms with van der Waals surface area (Å²) in [5.41, 5.74) is -0.396. The number of aliphatic hydroxyl groups excluding tert-OH is 1. The monoisotopic (exact) mass is 414 g/mol.